The van der Waals surface area contributed by atoms with E-state index in [4.69, 9.17) is 22.4 Å². The van der Waals surface area contributed by atoms with Crippen molar-refractivity contribution in [3.05, 3.63) is 23.2 Å². The van der Waals surface area contributed by atoms with Gasteiger partial charge >= 0.3 is 0 Å². The Labute approximate surface area is 111 Å². The van der Waals surface area contributed by atoms with E-state index in [1.54, 1.807) is 0 Å². The minimum absolute atomic E-state index is 0.0178. The average molecular weight is 291 g/mol. The van der Waals surface area contributed by atoms with Gasteiger partial charge in [-0.3, -0.25) is 0 Å². The Morgan fingerprint density at radius 2 is 2.11 bits per heavy atom. The molecule has 0 atom stereocenters. The predicted octanol–water partition coefficient (Wildman–Crippen LogP) is 1.07. The van der Waals surface area contributed by atoms with Crippen LogP contribution < -0.4 is 5.73 Å². The topological polar surface area (TPSA) is 83.6 Å². The molecule has 1 aromatic carbocycles. The van der Waals surface area contributed by atoms with Crippen molar-refractivity contribution < 1.29 is 13.5 Å². The maximum absolute atomic E-state index is 12.4. The molecule has 1 aromatic rings. The van der Waals surface area contributed by atoms with Gasteiger partial charge in [0.2, 0.25) is 10.0 Å². The lowest BCUT2D eigenvalue weighted by atomic mass is 10.3. The first-order chi connectivity index (χ1) is 8.46. The molecule has 0 heterocycles. The van der Waals surface area contributed by atoms with Crippen LogP contribution in [0.1, 0.15) is 12.8 Å². The van der Waals surface area contributed by atoms with Gasteiger partial charge in [-0.2, -0.15) is 4.31 Å². The number of halogens is 1. The van der Waals surface area contributed by atoms with Crippen LogP contribution in [-0.2, 0) is 10.0 Å². The third-order valence-corrected chi connectivity index (χ3v) is 5.25. The fraction of sp³-hybridized carbons (Fsp3) is 0.455. The number of aliphatic hydroxyl groups is 1. The largest absolute Gasteiger partial charge is 0.399 e. The summed E-state index contributed by atoms with van der Waals surface area (Å²) in [5.74, 6) is 0. The van der Waals surface area contributed by atoms with Crippen LogP contribution in [0.5, 0.6) is 0 Å². The highest BCUT2D eigenvalue weighted by atomic mass is 35.5. The zero-order chi connectivity index (χ0) is 13.3. The Balaban J connectivity index is 2.39. The minimum Gasteiger partial charge on any atom is -0.399 e. The van der Waals surface area contributed by atoms with Crippen molar-refractivity contribution in [2.75, 3.05) is 18.9 Å². The van der Waals surface area contributed by atoms with Crippen LogP contribution in [-0.4, -0.2) is 37.0 Å². The summed E-state index contributed by atoms with van der Waals surface area (Å²) >= 11 is 5.94. The molecule has 5 nitrogen and oxygen atoms in total. The van der Waals surface area contributed by atoms with Gasteiger partial charge in [0.25, 0.3) is 0 Å². The molecule has 0 aliphatic heterocycles. The van der Waals surface area contributed by atoms with Gasteiger partial charge in [-0.15, -0.1) is 0 Å². The van der Waals surface area contributed by atoms with Crippen LogP contribution in [0.25, 0.3) is 0 Å². The summed E-state index contributed by atoms with van der Waals surface area (Å²) in [6, 6.07) is 4.30. The van der Waals surface area contributed by atoms with E-state index in [1.807, 2.05) is 0 Å². The molecule has 1 aliphatic rings. The second-order valence-corrected chi connectivity index (χ2v) is 6.53. The van der Waals surface area contributed by atoms with Gasteiger partial charge in [-0.25, -0.2) is 8.42 Å². The molecule has 0 unspecified atom stereocenters. The summed E-state index contributed by atoms with van der Waals surface area (Å²) in [6.45, 7) is -0.115. The van der Waals surface area contributed by atoms with E-state index in [0.717, 1.165) is 12.8 Å². The van der Waals surface area contributed by atoms with E-state index in [1.165, 1.54) is 22.5 Å². The Bertz CT molecular complexity index is 543. The maximum Gasteiger partial charge on any atom is 0.244 e. The molecule has 0 aromatic heterocycles. The van der Waals surface area contributed by atoms with Gasteiger partial charge in [-0.1, -0.05) is 11.6 Å². The van der Waals surface area contributed by atoms with Crippen molar-refractivity contribution in [3.63, 3.8) is 0 Å². The third kappa shape index (κ3) is 2.61. The summed E-state index contributed by atoms with van der Waals surface area (Å²) in [7, 11) is -3.66. The molecular formula is C11H15ClN2O3S. The van der Waals surface area contributed by atoms with Crippen LogP contribution in [0.15, 0.2) is 23.1 Å². The van der Waals surface area contributed by atoms with E-state index >= 15 is 0 Å². The molecule has 0 amide bonds. The minimum atomic E-state index is -3.66. The van der Waals surface area contributed by atoms with Crippen LogP contribution in [0, 0.1) is 0 Å². The highest BCUT2D eigenvalue weighted by Crippen LogP contribution is 2.34. The Morgan fingerprint density at radius 1 is 1.44 bits per heavy atom. The molecular weight excluding hydrogens is 276 g/mol. The second kappa shape index (κ2) is 5.05. The molecule has 1 aliphatic carbocycles. The summed E-state index contributed by atoms with van der Waals surface area (Å²) in [6.07, 6.45) is 1.65. The van der Waals surface area contributed by atoms with Gasteiger partial charge in [0.15, 0.2) is 0 Å². The van der Waals surface area contributed by atoms with Crippen molar-refractivity contribution in [1.29, 1.82) is 0 Å². The van der Waals surface area contributed by atoms with Gasteiger partial charge in [-0.05, 0) is 31.0 Å². The summed E-state index contributed by atoms with van der Waals surface area (Å²) in [5, 5.41) is 9.09. The lowest BCUT2D eigenvalue weighted by molar-refractivity contribution is 0.250. The summed E-state index contributed by atoms with van der Waals surface area (Å²) in [4.78, 5) is 0.0405. The summed E-state index contributed by atoms with van der Waals surface area (Å²) < 4.78 is 26.2. The number of hydrogen-bond donors (Lipinski definition) is 2. The van der Waals surface area contributed by atoms with Crippen molar-refractivity contribution in [1.82, 2.24) is 4.31 Å². The van der Waals surface area contributed by atoms with E-state index in [9.17, 15) is 8.42 Å². The Hall–Kier alpha value is -0.820. The molecule has 7 heteroatoms. The number of rotatable bonds is 5. The quantitative estimate of drug-likeness (QED) is 0.795. The van der Waals surface area contributed by atoms with Crippen LogP contribution >= 0.6 is 11.6 Å². The molecule has 1 fully saturated rings. The normalized spacial score (nSPS) is 16.2. The zero-order valence-electron chi connectivity index (χ0n) is 9.71. The molecule has 0 bridgehead atoms. The van der Waals surface area contributed by atoms with Crippen molar-refractivity contribution in [3.8, 4) is 0 Å². The van der Waals surface area contributed by atoms with Crippen LogP contribution in [0.3, 0.4) is 0 Å². The lowest BCUT2D eigenvalue weighted by Crippen LogP contribution is -2.35. The van der Waals surface area contributed by atoms with E-state index in [2.05, 4.69) is 0 Å². The smallest absolute Gasteiger partial charge is 0.244 e. The Kier molecular flexibility index (Phi) is 3.82. The van der Waals surface area contributed by atoms with E-state index in [-0.39, 0.29) is 29.1 Å². The predicted molar refractivity (Wildman–Crippen MR) is 69.9 cm³/mol. The zero-order valence-corrected chi connectivity index (χ0v) is 11.3. The second-order valence-electron chi connectivity index (χ2n) is 4.26. The number of nitrogens with two attached hydrogens (primary N) is 1. The number of hydrogen-bond acceptors (Lipinski definition) is 4. The highest BCUT2D eigenvalue weighted by Gasteiger charge is 2.38. The molecule has 1 saturated carbocycles. The van der Waals surface area contributed by atoms with Crippen molar-refractivity contribution in [2.24, 2.45) is 0 Å². The Morgan fingerprint density at radius 3 is 2.61 bits per heavy atom. The fourth-order valence-electron chi connectivity index (χ4n) is 1.81. The molecule has 3 N–H and O–H groups in total. The molecule has 2 rings (SSSR count). The number of nitrogen functional groups attached to an aromatic ring is 1. The van der Waals surface area contributed by atoms with E-state index < -0.39 is 10.0 Å². The average Bonchev–Trinajstić information content (AvgIpc) is 3.08. The van der Waals surface area contributed by atoms with Gasteiger partial charge in [0, 0.05) is 18.3 Å². The SMILES string of the molecule is Nc1ccc(S(=O)(=O)N(CCO)C2CC2)c(Cl)c1. The molecule has 0 spiro atoms. The molecule has 18 heavy (non-hydrogen) atoms. The summed E-state index contributed by atoms with van der Waals surface area (Å²) in [5.41, 5.74) is 5.96. The lowest BCUT2D eigenvalue weighted by Gasteiger charge is -2.21. The standard InChI is InChI=1S/C11H15ClN2O3S/c12-10-7-8(13)1-4-11(10)18(16,17)14(5-6-15)9-2-3-9/h1,4,7,9,15H,2-3,5-6,13H2. The fourth-order valence-corrected chi connectivity index (χ4v) is 4.02. The first kappa shape index (κ1) is 13.6. The third-order valence-electron chi connectivity index (χ3n) is 2.82. The van der Waals surface area contributed by atoms with E-state index in [0.29, 0.717) is 5.69 Å². The molecule has 0 radical (unpaired) electrons. The van der Waals surface area contributed by atoms with Crippen molar-refractivity contribution in [2.45, 2.75) is 23.8 Å². The number of benzene rings is 1. The molecule has 0 saturated heterocycles. The van der Waals surface area contributed by atoms with Gasteiger partial charge in [0.1, 0.15) is 4.90 Å². The van der Waals surface area contributed by atoms with Gasteiger partial charge in [0.05, 0.1) is 11.6 Å². The van der Waals surface area contributed by atoms with Crippen LogP contribution in [0.4, 0.5) is 5.69 Å². The number of aliphatic hydroxyl groups excluding tert-OH is 1. The van der Waals surface area contributed by atoms with Gasteiger partial charge < -0.3 is 10.8 Å². The molecule has 100 valence electrons. The first-order valence-corrected chi connectivity index (χ1v) is 7.46. The highest BCUT2D eigenvalue weighted by molar-refractivity contribution is 7.89. The van der Waals surface area contributed by atoms with Crippen molar-refractivity contribution >= 4 is 27.3 Å². The number of sulfonamides is 1. The monoisotopic (exact) mass is 290 g/mol. The number of anilines is 1. The maximum atomic E-state index is 12.4. The first-order valence-electron chi connectivity index (χ1n) is 5.64. The van der Waals surface area contributed by atoms with Crippen LogP contribution in [0.2, 0.25) is 5.02 Å². The number of nitrogens with zero attached hydrogens (tertiary/aromatic N) is 1.